The third-order valence-electron chi connectivity index (χ3n) is 6.03. The molecular weight excluding hydrogens is 352 g/mol. The topological polar surface area (TPSA) is 41.1 Å². The minimum Gasteiger partial charge on any atom is -0.347 e. The number of rotatable bonds is 4. The number of hydrogen-bond donors (Lipinski definition) is 2. The van der Waals surface area contributed by atoms with Crippen molar-refractivity contribution >= 4 is 21.8 Å². The highest BCUT2D eigenvalue weighted by molar-refractivity contribution is 9.10. The molecule has 0 aromatic heterocycles. The number of nitrogens with one attached hydrogen (secondary N) is 2. The number of carbonyl (C=O) groups is 1. The van der Waals surface area contributed by atoms with Gasteiger partial charge in [-0.3, -0.25) is 4.79 Å². The molecule has 1 saturated carbocycles. The summed E-state index contributed by atoms with van der Waals surface area (Å²) >= 11 is 3.49. The average molecular weight is 377 g/mol. The van der Waals surface area contributed by atoms with Crippen molar-refractivity contribution < 1.29 is 4.79 Å². The van der Waals surface area contributed by atoms with Gasteiger partial charge in [-0.1, -0.05) is 28.1 Å². The van der Waals surface area contributed by atoms with Gasteiger partial charge in [-0.15, -0.1) is 0 Å². The molecule has 2 N–H and O–H groups in total. The lowest BCUT2D eigenvalue weighted by atomic mass is 9.71. The van der Waals surface area contributed by atoms with Crippen LogP contribution in [-0.4, -0.2) is 18.0 Å². The number of benzene rings is 1. The van der Waals surface area contributed by atoms with E-state index in [2.05, 4.69) is 50.8 Å². The summed E-state index contributed by atoms with van der Waals surface area (Å²) in [7, 11) is 0. The van der Waals surface area contributed by atoms with Crippen molar-refractivity contribution in [2.45, 2.75) is 69.0 Å². The van der Waals surface area contributed by atoms with E-state index in [1.54, 1.807) is 0 Å². The second-order valence-corrected chi connectivity index (χ2v) is 8.59. The first kappa shape index (κ1) is 15.6. The van der Waals surface area contributed by atoms with Gasteiger partial charge >= 0.3 is 0 Å². The molecule has 1 amide bonds. The summed E-state index contributed by atoms with van der Waals surface area (Å²) in [6.07, 6.45) is 8.98. The SMILES string of the molecule is O=C(CC1CC2CCC(C1)N2)NC1(c2ccc(Br)cc2)CCC1. The van der Waals surface area contributed by atoms with Gasteiger partial charge in [0.25, 0.3) is 0 Å². The van der Waals surface area contributed by atoms with E-state index in [4.69, 9.17) is 0 Å². The van der Waals surface area contributed by atoms with Gasteiger partial charge in [0.15, 0.2) is 0 Å². The van der Waals surface area contributed by atoms with E-state index in [9.17, 15) is 4.79 Å². The van der Waals surface area contributed by atoms with E-state index in [-0.39, 0.29) is 11.4 Å². The fraction of sp³-hybridized carbons (Fsp3) is 0.632. The van der Waals surface area contributed by atoms with Gasteiger partial charge in [-0.05, 0) is 68.6 Å². The van der Waals surface area contributed by atoms with Crippen LogP contribution in [-0.2, 0) is 10.3 Å². The summed E-state index contributed by atoms with van der Waals surface area (Å²) in [5.41, 5.74) is 1.15. The Morgan fingerprint density at radius 2 is 1.83 bits per heavy atom. The first-order valence-corrected chi connectivity index (χ1v) is 9.75. The van der Waals surface area contributed by atoms with Gasteiger partial charge in [0.1, 0.15) is 0 Å². The number of hydrogen-bond acceptors (Lipinski definition) is 2. The normalized spacial score (nSPS) is 31.4. The van der Waals surface area contributed by atoms with Crippen LogP contribution in [0.25, 0.3) is 0 Å². The van der Waals surface area contributed by atoms with Crippen LogP contribution in [0.5, 0.6) is 0 Å². The summed E-state index contributed by atoms with van der Waals surface area (Å²) in [4.78, 5) is 12.7. The summed E-state index contributed by atoms with van der Waals surface area (Å²) in [6.45, 7) is 0. The van der Waals surface area contributed by atoms with Crippen LogP contribution < -0.4 is 10.6 Å². The van der Waals surface area contributed by atoms with Crippen molar-refractivity contribution in [2.24, 2.45) is 5.92 Å². The maximum atomic E-state index is 12.7. The standard InChI is InChI=1S/C19H25BrN2O/c20-15-4-2-14(3-5-15)19(8-1-9-19)22-18(23)12-13-10-16-6-7-17(11-13)21-16/h2-5,13,16-17,21H,1,6-12H2,(H,22,23). The molecule has 4 heteroatoms. The van der Waals surface area contributed by atoms with Crippen molar-refractivity contribution in [3.8, 4) is 0 Å². The number of amides is 1. The number of carbonyl (C=O) groups excluding carboxylic acids is 1. The van der Waals surface area contributed by atoms with Crippen molar-refractivity contribution in [3.63, 3.8) is 0 Å². The molecule has 1 aliphatic carbocycles. The van der Waals surface area contributed by atoms with Gasteiger partial charge in [0.2, 0.25) is 5.91 Å². The van der Waals surface area contributed by atoms with Crippen molar-refractivity contribution in [1.82, 2.24) is 10.6 Å². The highest BCUT2D eigenvalue weighted by Gasteiger charge is 2.41. The molecule has 3 aliphatic rings. The molecule has 4 rings (SSSR count). The Morgan fingerprint density at radius 1 is 1.17 bits per heavy atom. The lowest BCUT2D eigenvalue weighted by molar-refractivity contribution is -0.125. The van der Waals surface area contributed by atoms with Gasteiger partial charge in [-0.2, -0.15) is 0 Å². The molecule has 2 saturated heterocycles. The smallest absolute Gasteiger partial charge is 0.220 e. The van der Waals surface area contributed by atoms with E-state index >= 15 is 0 Å². The number of halogens is 1. The maximum Gasteiger partial charge on any atom is 0.220 e. The molecule has 124 valence electrons. The van der Waals surface area contributed by atoms with Gasteiger partial charge in [0.05, 0.1) is 5.54 Å². The van der Waals surface area contributed by atoms with E-state index in [1.807, 2.05) is 0 Å². The zero-order chi connectivity index (χ0) is 15.9. The quantitative estimate of drug-likeness (QED) is 0.837. The Bertz CT molecular complexity index is 570. The monoisotopic (exact) mass is 376 g/mol. The van der Waals surface area contributed by atoms with Crippen LogP contribution >= 0.6 is 15.9 Å². The number of fused-ring (bicyclic) bond motifs is 2. The summed E-state index contributed by atoms with van der Waals surface area (Å²) < 4.78 is 1.09. The predicted octanol–water partition coefficient (Wildman–Crippen LogP) is 3.87. The minimum absolute atomic E-state index is 0.107. The van der Waals surface area contributed by atoms with Crippen LogP contribution in [0.2, 0.25) is 0 Å². The molecule has 2 atom stereocenters. The van der Waals surface area contributed by atoms with Gasteiger partial charge < -0.3 is 10.6 Å². The fourth-order valence-corrected chi connectivity index (χ4v) is 4.97. The van der Waals surface area contributed by atoms with Crippen LogP contribution in [0.4, 0.5) is 0 Å². The van der Waals surface area contributed by atoms with Crippen LogP contribution in [0.1, 0.15) is 56.9 Å². The molecule has 3 nitrogen and oxygen atoms in total. The van der Waals surface area contributed by atoms with E-state index in [1.165, 1.54) is 37.7 Å². The number of piperidine rings is 1. The third kappa shape index (κ3) is 3.20. The molecular formula is C19H25BrN2O. The molecule has 1 aromatic rings. The largest absolute Gasteiger partial charge is 0.347 e. The minimum atomic E-state index is -0.107. The first-order valence-electron chi connectivity index (χ1n) is 8.96. The van der Waals surface area contributed by atoms with Crippen LogP contribution in [0.15, 0.2) is 28.7 Å². The molecule has 1 aromatic carbocycles. The predicted molar refractivity (Wildman–Crippen MR) is 95.1 cm³/mol. The second-order valence-electron chi connectivity index (χ2n) is 7.67. The van der Waals surface area contributed by atoms with E-state index in [0.717, 1.165) is 17.3 Å². The van der Waals surface area contributed by atoms with E-state index < -0.39 is 0 Å². The molecule has 0 radical (unpaired) electrons. The molecule has 2 heterocycles. The zero-order valence-corrected chi connectivity index (χ0v) is 15.1. The average Bonchev–Trinajstić information content (AvgIpc) is 2.83. The Labute approximate surface area is 146 Å². The third-order valence-corrected chi connectivity index (χ3v) is 6.56. The molecule has 2 aliphatic heterocycles. The molecule has 23 heavy (non-hydrogen) atoms. The maximum absolute atomic E-state index is 12.7. The van der Waals surface area contributed by atoms with Crippen molar-refractivity contribution in [2.75, 3.05) is 0 Å². The first-order chi connectivity index (χ1) is 11.1. The van der Waals surface area contributed by atoms with Gasteiger partial charge in [0, 0.05) is 23.0 Å². The second kappa shape index (κ2) is 6.21. The lowest BCUT2D eigenvalue weighted by Gasteiger charge is -2.43. The highest BCUT2D eigenvalue weighted by atomic mass is 79.9. The Balaban J connectivity index is 1.39. The molecule has 2 bridgehead atoms. The fourth-order valence-electron chi connectivity index (χ4n) is 4.71. The Kier molecular flexibility index (Phi) is 4.22. The van der Waals surface area contributed by atoms with Gasteiger partial charge in [-0.25, -0.2) is 0 Å². The lowest BCUT2D eigenvalue weighted by Crippen LogP contribution is -2.51. The van der Waals surface area contributed by atoms with Crippen molar-refractivity contribution in [3.05, 3.63) is 34.3 Å². The van der Waals surface area contributed by atoms with Crippen molar-refractivity contribution in [1.29, 1.82) is 0 Å². The van der Waals surface area contributed by atoms with E-state index in [0.29, 0.717) is 24.4 Å². The summed E-state index contributed by atoms with van der Waals surface area (Å²) in [5, 5.41) is 7.05. The molecule has 2 unspecified atom stereocenters. The highest BCUT2D eigenvalue weighted by Crippen LogP contribution is 2.42. The van der Waals surface area contributed by atoms with Crippen LogP contribution in [0, 0.1) is 5.92 Å². The molecule has 3 fully saturated rings. The van der Waals surface area contributed by atoms with Crippen LogP contribution in [0.3, 0.4) is 0 Å². The summed E-state index contributed by atoms with van der Waals surface area (Å²) in [6, 6.07) is 9.77. The zero-order valence-electron chi connectivity index (χ0n) is 13.5. The summed E-state index contributed by atoms with van der Waals surface area (Å²) in [5.74, 6) is 0.815. The Hall–Kier alpha value is -0.870. The molecule has 0 spiro atoms. The Morgan fingerprint density at radius 3 is 2.39 bits per heavy atom.